The molecule has 128 valence electrons. The van der Waals surface area contributed by atoms with Gasteiger partial charge < -0.3 is 0 Å². The molecule has 1 aromatic carbocycles. The van der Waals surface area contributed by atoms with E-state index in [4.69, 9.17) is 0 Å². The van der Waals surface area contributed by atoms with Crippen LogP contribution >= 0.6 is 0 Å². The number of hydrogen-bond acceptors (Lipinski definition) is 0. The topological polar surface area (TPSA) is 0 Å². The summed E-state index contributed by atoms with van der Waals surface area (Å²) in [6.45, 7) is 16.4. The Kier molecular flexibility index (Phi) is 11.1. The van der Waals surface area contributed by atoms with E-state index < -0.39 is 0 Å². The van der Waals surface area contributed by atoms with E-state index in [-0.39, 0.29) is 0 Å². The van der Waals surface area contributed by atoms with E-state index in [1.54, 1.807) is 0 Å². The minimum absolute atomic E-state index is 0.813. The predicted octanol–water partition coefficient (Wildman–Crippen LogP) is 7.69. The van der Waals surface area contributed by atoms with E-state index in [1.165, 1.54) is 28.7 Å². The molecular formula is C23H36. The average molecular weight is 313 g/mol. The van der Waals surface area contributed by atoms with E-state index in [0.29, 0.717) is 0 Å². The third-order valence-electron chi connectivity index (χ3n) is 3.66. The highest BCUT2D eigenvalue weighted by molar-refractivity contribution is 5.84. The van der Waals surface area contributed by atoms with Crippen molar-refractivity contribution in [3.05, 3.63) is 65.3 Å². The molecule has 0 heteroatoms. The fourth-order valence-electron chi connectivity index (χ4n) is 2.68. The van der Waals surface area contributed by atoms with Gasteiger partial charge in [0.25, 0.3) is 0 Å². The van der Waals surface area contributed by atoms with Gasteiger partial charge in [-0.2, -0.15) is 0 Å². The van der Waals surface area contributed by atoms with Crippen LogP contribution in [0, 0.1) is 11.8 Å². The van der Waals surface area contributed by atoms with E-state index >= 15 is 0 Å². The lowest BCUT2D eigenvalue weighted by Crippen LogP contribution is -1.94. The van der Waals surface area contributed by atoms with Crippen LogP contribution in [0.5, 0.6) is 0 Å². The Morgan fingerprint density at radius 1 is 0.826 bits per heavy atom. The minimum atomic E-state index is 0.813. The highest BCUT2D eigenvalue weighted by Gasteiger charge is 2.35. The molecule has 1 fully saturated rings. The fraction of sp³-hybridized carbons (Fsp3) is 0.478. The summed E-state index contributed by atoms with van der Waals surface area (Å²) in [5.74, 6) is 1.65. The molecular weight excluding hydrogens is 276 g/mol. The van der Waals surface area contributed by atoms with Gasteiger partial charge in [0.05, 0.1) is 0 Å². The molecule has 0 radical (unpaired) electrons. The molecule has 0 nitrogen and oxygen atoms in total. The molecule has 2 unspecified atom stereocenters. The Morgan fingerprint density at radius 2 is 1.39 bits per heavy atom. The summed E-state index contributed by atoms with van der Waals surface area (Å²) in [7, 11) is 0. The largest absolute Gasteiger partial charge is 0.0802 e. The molecule has 23 heavy (non-hydrogen) atoms. The zero-order valence-corrected chi connectivity index (χ0v) is 16.5. The van der Waals surface area contributed by atoms with E-state index in [2.05, 4.69) is 62.4 Å². The second-order valence-electron chi connectivity index (χ2n) is 5.29. The van der Waals surface area contributed by atoms with Crippen molar-refractivity contribution in [2.75, 3.05) is 0 Å². The third kappa shape index (κ3) is 6.22. The lowest BCUT2D eigenvalue weighted by Gasteiger charge is -2.14. The Hall–Kier alpha value is -1.56. The van der Waals surface area contributed by atoms with Gasteiger partial charge >= 0.3 is 0 Å². The maximum Gasteiger partial charge on any atom is -0.0128 e. The van der Waals surface area contributed by atoms with Gasteiger partial charge in [0, 0.05) is 0 Å². The van der Waals surface area contributed by atoms with E-state index in [0.717, 1.165) is 11.8 Å². The van der Waals surface area contributed by atoms with Crippen LogP contribution in [0.2, 0.25) is 0 Å². The first-order valence-corrected chi connectivity index (χ1v) is 9.39. The summed E-state index contributed by atoms with van der Waals surface area (Å²) >= 11 is 0. The first kappa shape index (κ1) is 21.4. The molecule has 2 aliphatic rings. The number of benzene rings is 1. The SMILES string of the molecule is CC.CC.CC.CC(C)=C(C1=CC2CC2C=C1)c1ccccc1. The maximum atomic E-state index is 2.46. The van der Waals surface area contributed by atoms with Crippen molar-refractivity contribution in [1.82, 2.24) is 0 Å². The molecule has 0 aromatic heterocycles. The van der Waals surface area contributed by atoms with Gasteiger partial charge in [0.15, 0.2) is 0 Å². The minimum Gasteiger partial charge on any atom is -0.0802 e. The number of fused-ring (bicyclic) bond motifs is 1. The molecule has 2 atom stereocenters. The molecule has 2 aliphatic carbocycles. The van der Waals surface area contributed by atoms with Crippen molar-refractivity contribution in [3.63, 3.8) is 0 Å². The van der Waals surface area contributed by atoms with Crippen molar-refractivity contribution in [3.8, 4) is 0 Å². The molecule has 1 aromatic rings. The molecule has 0 heterocycles. The maximum absolute atomic E-state index is 2.46. The van der Waals surface area contributed by atoms with Crippen LogP contribution in [0.15, 0.2) is 59.7 Å². The molecule has 0 bridgehead atoms. The highest BCUT2D eigenvalue weighted by atomic mass is 14.4. The summed E-state index contributed by atoms with van der Waals surface area (Å²) < 4.78 is 0. The van der Waals surface area contributed by atoms with Crippen LogP contribution in [0.4, 0.5) is 0 Å². The monoisotopic (exact) mass is 312 g/mol. The van der Waals surface area contributed by atoms with Crippen molar-refractivity contribution < 1.29 is 0 Å². The van der Waals surface area contributed by atoms with E-state index in [1.807, 2.05) is 41.5 Å². The van der Waals surface area contributed by atoms with Crippen LogP contribution in [-0.2, 0) is 0 Å². The van der Waals surface area contributed by atoms with Gasteiger partial charge in [-0.3, -0.25) is 0 Å². The van der Waals surface area contributed by atoms with Gasteiger partial charge in [0.2, 0.25) is 0 Å². The zero-order valence-electron chi connectivity index (χ0n) is 16.5. The molecule has 0 amide bonds. The van der Waals surface area contributed by atoms with Gasteiger partial charge in [-0.25, -0.2) is 0 Å². The molecule has 3 rings (SSSR count). The standard InChI is InChI=1S/C17H18.3C2H6/c1-12(2)17(13-6-4-3-5-7-13)15-9-8-14-10-16(14)11-15;3*1-2/h3-9,11,14,16H,10H2,1-2H3;3*1-2H3. The lowest BCUT2D eigenvalue weighted by atomic mass is 9.91. The molecule has 0 aliphatic heterocycles. The van der Waals surface area contributed by atoms with Gasteiger partial charge in [-0.05, 0) is 48.8 Å². The van der Waals surface area contributed by atoms with Crippen LogP contribution < -0.4 is 0 Å². The Morgan fingerprint density at radius 3 is 1.87 bits per heavy atom. The number of allylic oxidation sites excluding steroid dienone is 6. The second kappa shape index (κ2) is 11.9. The summed E-state index contributed by atoms with van der Waals surface area (Å²) in [6.07, 6.45) is 8.50. The lowest BCUT2D eigenvalue weighted by molar-refractivity contribution is 0.972. The average Bonchev–Trinajstić information content (AvgIpc) is 3.40. The number of hydrogen-bond donors (Lipinski definition) is 0. The molecule has 0 spiro atoms. The first-order valence-electron chi connectivity index (χ1n) is 9.39. The van der Waals surface area contributed by atoms with Gasteiger partial charge in [0.1, 0.15) is 0 Å². The molecule has 1 saturated carbocycles. The Labute approximate surface area is 145 Å². The van der Waals surface area contributed by atoms with Gasteiger partial charge in [-0.15, -0.1) is 0 Å². The van der Waals surface area contributed by atoms with Gasteiger partial charge in [-0.1, -0.05) is 95.7 Å². The van der Waals surface area contributed by atoms with Crippen molar-refractivity contribution in [1.29, 1.82) is 0 Å². The second-order valence-corrected chi connectivity index (χ2v) is 5.29. The third-order valence-corrected chi connectivity index (χ3v) is 3.66. The van der Waals surface area contributed by atoms with Crippen molar-refractivity contribution in [2.24, 2.45) is 11.8 Å². The van der Waals surface area contributed by atoms with Crippen LogP contribution in [0.3, 0.4) is 0 Å². The smallest absolute Gasteiger partial charge is 0.0128 e. The summed E-state index contributed by atoms with van der Waals surface area (Å²) in [5, 5.41) is 0. The molecule has 0 saturated heterocycles. The van der Waals surface area contributed by atoms with E-state index in [9.17, 15) is 0 Å². The summed E-state index contributed by atoms with van der Waals surface area (Å²) in [4.78, 5) is 0. The van der Waals surface area contributed by atoms with Crippen LogP contribution in [-0.4, -0.2) is 0 Å². The first-order chi connectivity index (χ1) is 11.3. The van der Waals surface area contributed by atoms with Crippen LogP contribution in [0.25, 0.3) is 5.57 Å². The molecule has 0 N–H and O–H groups in total. The van der Waals surface area contributed by atoms with Crippen molar-refractivity contribution >= 4 is 5.57 Å². The Bertz CT molecular complexity index is 510. The van der Waals surface area contributed by atoms with Crippen molar-refractivity contribution in [2.45, 2.75) is 61.8 Å². The Balaban J connectivity index is 0.000000728. The number of rotatable bonds is 2. The summed E-state index contributed by atoms with van der Waals surface area (Å²) in [5.41, 5.74) is 5.55. The fourth-order valence-corrected chi connectivity index (χ4v) is 2.68. The highest BCUT2D eigenvalue weighted by Crippen LogP contribution is 2.46. The zero-order chi connectivity index (χ0) is 17.8. The quantitative estimate of drug-likeness (QED) is 0.525. The van der Waals surface area contributed by atoms with Crippen LogP contribution in [0.1, 0.15) is 67.4 Å². The summed E-state index contributed by atoms with van der Waals surface area (Å²) in [6, 6.07) is 10.7. The normalized spacial score (nSPS) is 19.2. The predicted molar refractivity (Wildman–Crippen MR) is 108 cm³/mol.